The smallest absolute Gasteiger partial charge is 0.412 e. The van der Waals surface area contributed by atoms with Crippen LogP contribution in [0, 0.1) is 6.92 Å². The minimum atomic E-state index is -1.12. The third kappa shape index (κ3) is 4.80. The number of carbonyl (C=O) groups excluding carboxylic acids is 1. The first kappa shape index (κ1) is 20.5. The third-order valence-corrected chi connectivity index (χ3v) is 4.20. The van der Waals surface area contributed by atoms with E-state index in [2.05, 4.69) is 20.3 Å². The first-order valence-electron chi connectivity index (χ1n) is 8.75. The van der Waals surface area contributed by atoms with Gasteiger partial charge in [-0.3, -0.25) is 10.3 Å². The Bertz CT molecular complexity index is 1100. The second-order valence-corrected chi connectivity index (χ2v) is 7.78. The summed E-state index contributed by atoms with van der Waals surface area (Å²) in [6.45, 7) is 7.33. The zero-order chi connectivity index (χ0) is 21.3. The molecular weight excluding hydrogens is 398 g/mol. The quantitative estimate of drug-likeness (QED) is 0.660. The zero-order valence-corrected chi connectivity index (χ0v) is 17.1. The molecule has 0 aliphatic rings. The number of nitrogens with one attached hydrogen (secondary N) is 1. The monoisotopic (exact) mass is 417 g/mol. The highest BCUT2D eigenvalue weighted by molar-refractivity contribution is 6.31. The van der Waals surface area contributed by atoms with Gasteiger partial charge in [-0.1, -0.05) is 11.6 Å². The number of carboxylic acids is 1. The molecule has 9 nitrogen and oxygen atoms in total. The van der Waals surface area contributed by atoms with Gasteiger partial charge in [0.2, 0.25) is 0 Å². The van der Waals surface area contributed by atoms with Crippen LogP contribution in [0.4, 0.5) is 10.5 Å². The molecule has 3 aromatic heterocycles. The molecule has 29 heavy (non-hydrogen) atoms. The van der Waals surface area contributed by atoms with Gasteiger partial charge >= 0.3 is 12.1 Å². The van der Waals surface area contributed by atoms with Gasteiger partial charge in [-0.2, -0.15) is 0 Å². The molecule has 3 aromatic rings. The average molecular weight is 418 g/mol. The summed E-state index contributed by atoms with van der Waals surface area (Å²) in [6.07, 6.45) is 0.861. The van der Waals surface area contributed by atoms with Crippen molar-refractivity contribution in [3.05, 3.63) is 46.6 Å². The van der Waals surface area contributed by atoms with Crippen LogP contribution in [0.25, 0.3) is 11.2 Å². The van der Waals surface area contributed by atoms with Crippen molar-refractivity contribution in [2.75, 3.05) is 5.32 Å². The van der Waals surface area contributed by atoms with Crippen LogP contribution in [-0.4, -0.2) is 42.3 Å². The number of aromatic carboxylic acids is 1. The highest BCUT2D eigenvalue weighted by Gasteiger charge is 2.18. The fourth-order valence-corrected chi connectivity index (χ4v) is 2.87. The van der Waals surface area contributed by atoms with Gasteiger partial charge in [-0.05, 0) is 45.9 Å². The number of halogens is 1. The first-order chi connectivity index (χ1) is 13.5. The fourth-order valence-electron chi connectivity index (χ4n) is 2.65. The number of aromatic nitrogens is 4. The van der Waals surface area contributed by atoms with Crippen molar-refractivity contribution >= 4 is 40.5 Å². The predicted molar refractivity (Wildman–Crippen MR) is 107 cm³/mol. The number of hydrogen-bond acceptors (Lipinski definition) is 6. The van der Waals surface area contributed by atoms with Gasteiger partial charge in [0.05, 0.1) is 29.1 Å². The molecule has 3 rings (SSSR count). The number of anilines is 1. The maximum atomic E-state index is 11.9. The molecule has 152 valence electrons. The summed E-state index contributed by atoms with van der Waals surface area (Å²) in [5, 5.41) is 12.1. The maximum absolute atomic E-state index is 11.9. The number of carbonyl (C=O) groups is 2. The number of aryl methyl sites for hydroxylation is 1. The summed E-state index contributed by atoms with van der Waals surface area (Å²) >= 11 is 6.35. The van der Waals surface area contributed by atoms with Gasteiger partial charge < -0.3 is 14.4 Å². The van der Waals surface area contributed by atoms with Crippen LogP contribution in [0.2, 0.25) is 5.02 Å². The number of hydrogen-bond donors (Lipinski definition) is 2. The molecule has 2 N–H and O–H groups in total. The van der Waals surface area contributed by atoms with E-state index in [9.17, 15) is 14.7 Å². The van der Waals surface area contributed by atoms with Gasteiger partial charge in [-0.25, -0.2) is 19.6 Å². The number of imidazole rings is 1. The Kier molecular flexibility index (Phi) is 5.43. The summed E-state index contributed by atoms with van der Waals surface area (Å²) in [7, 11) is 0. The third-order valence-electron chi connectivity index (χ3n) is 3.87. The van der Waals surface area contributed by atoms with Crippen molar-refractivity contribution in [1.82, 2.24) is 19.5 Å². The second kappa shape index (κ2) is 7.67. The van der Waals surface area contributed by atoms with Crippen molar-refractivity contribution in [2.24, 2.45) is 0 Å². The highest BCUT2D eigenvalue weighted by Crippen LogP contribution is 2.23. The fraction of sp³-hybridized carbons (Fsp3) is 0.316. The Labute approximate surface area is 171 Å². The normalized spacial score (nSPS) is 11.5. The van der Waals surface area contributed by atoms with Crippen LogP contribution in [0.1, 0.15) is 42.8 Å². The molecular formula is C19H20ClN5O4. The van der Waals surface area contributed by atoms with E-state index in [0.717, 1.165) is 0 Å². The van der Waals surface area contributed by atoms with E-state index >= 15 is 0 Å². The lowest BCUT2D eigenvalue weighted by Crippen LogP contribution is -2.27. The van der Waals surface area contributed by atoms with E-state index in [1.54, 1.807) is 44.4 Å². The summed E-state index contributed by atoms with van der Waals surface area (Å²) in [5.41, 5.74) is 1.22. The van der Waals surface area contributed by atoms with E-state index in [1.807, 2.05) is 0 Å². The van der Waals surface area contributed by atoms with E-state index in [-0.39, 0.29) is 12.2 Å². The molecule has 0 spiro atoms. The van der Waals surface area contributed by atoms with Gasteiger partial charge in [-0.15, -0.1) is 0 Å². The number of nitrogens with zero attached hydrogens (tertiary/aromatic N) is 4. The number of fused-ring (bicyclic) bond motifs is 1. The van der Waals surface area contributed by atoms with Crippen LogP contribution in [-0.2, 0) is 11.3 Å². The lowest BCUT2D eigenvalue weighted by Gasteiger charge is -2.19. The number of amides is 1. The SMILES string of the molecule is Cc1nc2ccc(C(=O)O)nc2n1Cc1ncc(NC(=O)OC(C)(C)C)cc1Cl. The zero-order valence-electron chi connectivity index (χ0n) is 16.4. The minimum absolute atomic E-state index is 0.0744. The summed E-state index contributed by atoms with van der Waals surface area (Å²) in [4.78, 5) is 36.0. The number of rotatable bonds is 4. The van der Waals surface area contributed by atoms with Crippen LogP contribution in [0.15, 0.2) is 24.4 Å². The molecule has 0 saturated heterocycles. The predicted octanol–water partition coefficient (Wildman–Crippen LogP) is 3.88. The molecule has 0 fully saturated rings. The first-order valence-corrected chi connectivity index (χ1v) is 9.13. The number of pyridine rings is 2. The molecule has 0 unspecified atom stereocenters. The van der Waals surface area contributed by atoms with Crippen LogP contribution in [0.3, 0.4) is 0 Å². The van der Waals surface area contributed by atoms with E-state index in [4.69, 9.17) is 16.3 Å². The van der Waals surface area contributed by atoms with Crippen molar-refractivity contribution < 1.29 is 19.4 Å². The molecule has 0 aromatic carbocycles. The molecule has 0 aliphatic heterocycles. The molecule has 10 heteroatoms. The van der Waals surface area contributed by atoms with Crippen LogP contribution < -0.4 is 5.32 Å². The summed E-state index contributed by atoms with van der Waals surface area (Å²) < 4.78 is 6.93. The lowest BCUT2D eigenvalue weighted by molar-refractivity contribution is 0.0633. The van der Waals surface area contributed by atoms with Gasteiger partial charge in [0.1, 0.15) is 16.9 Å². The van der Waals surface area contributed by atoms with E-state index in [1.165, 1.54) is 12.3 Å². The highest BCUT2D eigenvalue weighted by atomic mass is 35.5. The van der Waals surface area contributed by atoms with E-state index < -0.39 is 17.7 Å². The average Bonchev–Trinajstić information content (AvgIpc) is 2.90. The van der Waals surface area contributed by atoms with Crippen molar-refractivity contribution in [2.45, 2.75) is 39.8 Å². The van der Waals surface area contributed by atoms with Crippen molar-refractivity contribution in [1.29, 1.82) is 0 Å². The second-order valence-electron chi connectivity index (χ2n) is 7.37. The molecule has 0 aliphatic carbocycles. The number of carboxylic acid groups (broad SMARTS) is 1. The Morgan fingerprint density at radius 1 is 1.28 bits per heavy atom. The minimum Gasteiger partial charge on any atom is -0.477 e. The van der Waals surface area contributed by atoms with Gasteiger partial charge in [0, 0.05) is 0 Å². The molecule has 0 bridgehead atoms. The standard InChI is InChI=1S/C19H20ClN5O4/c1-10-22-13-5-6-14(17(26)27)24-16(13)25(10)9-15-12(20)7-11(8-21-15)23-18(28)29-19(2,3)4/h5-8H,9H2,1-4H3,(H,23,28)(H,26,27). The Hall–Kier alpha value is -3.20. The van der Waals surface area contributed by atoms with Crippen molar-refractivity contribution in [3.63, 3.8) is 0 Å². The molecule has 3 heterocycles. The van der Waals surface area contributed by atoms with E-state index in [0.29, 0.717) is 33.4 Å². The lowest BCUT2D eigenvalue weighted by atomic mass is 10.2. The molecule has 1 amide bonds. The Morgan fingerprint density at radius 2 is 2.00 bits per heavy atom. The molecule has 0 radical (unpaired) electrons. The van der Waals surface area contributed by atoms with Crippen LogP contribution in [0.5, 0.6) is 0 Å². The topological polar surface area (TPSA) is 119 Å². The molecule has 0 atom stereocenters. The Balaban J connectivity index is 1.85. The van der Waals surface area contributed by atoms with Gasteiger partial charge in [0.15, 0.2) is 11.3 Å². The largest absolute Gasteiger partial charge is 0.477 e. The summed E-state index contributed by atoms with van der Waals surface area (Å²) in [6, 6.07) is 4.58. The Morgan fingerprint density at radius 3 is 2.62 bits per heavy atom. The maximum Gasteiger partial charge on any atom is 0.412 e. The van der Waals surface area contributed by atoms with Crippen molar-refractivity contribution in [3.8, 4) is 0 Å². The molecule has 0 saturated carbocycles. The summed E-state index contributed by atoms with van der Waals surface area (Å²) in [5.74, 6) is -0.477. The van der Waals surface area contributed by atoms with Gasteiger partial charge in [0.25, 0.3) is 0 Å². The van der Waals surface area contributed by atoms with Crippen LogP contribution >= 0.6 is 11.6 Å². The number of ether oxygens (including phenoxy) is 1.